The monoisotopic (exact) mass is 660 g/mol. The lowest BCUT2D eigenvalue weighted by atomic mass is 9.90. The summed E-state index contributed by atoms with van der Waals surface area (Å²) in [5.41, 5.74) is 2.55. The van der Waals surface area contributed by atoms with Crippen molar-refractivity contribution >= 4 is 65.9 Å². The maximum atomic E-state index is 16.0. The molecule has 3 aliphatic heterocycles. The molecule has 0 radical (unpaired) electrons. The predicted octanol–water partition coefficient (Wildman–Crippen LogP) is 5.03. The zero-order valence-corrected chi connectivity index (χ0v) is 26.1. The zero-order valence-electron chi connectivity index (χ0n) is 25.3. The van der Waals surface area contributed by atoms with E-state index in [1.54, 1.807) is 66.8 Å². The summed E-state index contributed by atoms with van der Waals surface area (Å²) in [7, 11) is 0. The number of benzene rings is 1. The summed E-state index contributed by atoms with van der Waals surface area (Å²) >= 11 is 1.42. The van der Waals surface area contributed by atoms with Crippen molar-refractivity contribution in [2.45, 2.75) is 38.5 Å². The molecule has 1 saturated heterocycles. The van der Waals surface area contributed by atoms with Crippen LogP contribution in [0.5, 0.6) is 5.75 Å². The van der Waals surface area contributed by atoms with Gasteiger partial charge in [0.25, 0.3) is 17.7 Å². The van der Waals surface area contributed by atoms with E-state index in [0.29, 0.717) is 59.4 Å². The van der Waals surface area contributed by atoms with Gasteiger partial charge < -0.3 is 32.5 Å². The highest BCUT2D eigenvalue weighted by Gasteiger charge is 2.52. The van der Waals surface area contributed by atoms with E-state index in [4.69, 9.17) is 9.57 Å². The number of fused-ring (bicyclic) bond motifs is 2. The Labute approximate surface area is 273 Å². The highest BCUT2D eigenvalue weighted by molar-refractivity contribution is 7.12. The molecule has 5 heterocycles. The topological polar surface area (TPSA) is 110 Å². The summed E-state index contributed by atoms with van der Waals surface area (Å²) in [6.07, 6.45) is 10.5. The van der Waals surface area contributed by atoms with Crippen LogP contribution in [0.4, 0.5) is 8.63 Å². The molecule has 2 aromatic heterocycles. The van der Waals surface area contributed by atoms with E-state index in [9.17, 15) is 19.2 Å². The Hall–Kier alpha value is -5.11. The number of halogens is 2. The number of imide groups is 1. The maximum Gasteiger partial charge on any atom is 0.737 e. The number of unbranched alkanes of at least 4 members (excludes halogenated alkanes) is 2. The summed E-state index contributed by atoms with van der Waals surface area (Å²) in [4.78, 5) is 52.6. The summed E-state index contributed by atoms with van der Waals surface area (Å²) in [5.74, 6) is -1.48. The fraction of sp³-hybridized carbons (Fsp3) is 0.242. The predicted molar refractivity (Wildman–Crippen MR) is 173 cm³/mol. The van der Waals surface area contributed by atoms with Gasteiger partial charge in [-0.25, -0.2) is 4.79 Å². The van der Waals surface area contributed by atoms with Gasteiger partial charge >= 0.3 is 12.9 Å². The van der Waals surface area contributed by atoms with Crippen molar-refractivity contribution in [3.63, 3.8) is 0 Å². The van der Waals surface area contributed by atoms with E-state index >= 15 is 8.63 Å². The lowest BCUT2D eigenvalue weighted by Crippen LogP contribution is -2.50. The largest absolute Gasteiger partial charge is 0.737 e. The van der Waals surface area contributed by atoms with Crippen LogP contribution < -0.4 is 10.1 Å². The summed E-state index contributed by atoms with van der Waals surface area (Å²) in [6, 6.07) is 14.0. The van der Waals surface area contributed by atoms with Gasteiger partial charge in [0, 0.05) is 55.4 Å². The molecule has 242 valence electrons. The second-order valence-electron chi connectivity index (χ2n) is 11.2. The van der Waals surface area contributed by atoms with Crippen LogP contribution in [-0.2, 0) is 24.0 Å². The maximum absolute atomic E-state index is 16.0. The zero-order chi connectivity index (χ0) is 33.0. The smallest absolute Gasteiger partial charge is 0.484 e. The average Bonchev–Trinajstić information content (AvgIpc) is 3.87. The van der Waals surface area contributed by atoms with Gasteiger partial charge in [-0.1, -0.05) is 30.7 Å². The Kier molecular flexibility index (Phi) is 9.30. The Morgan fingerprint density at radius 3 is 2.51 bits per heavy atom. The van der Waals surface area contributed by atoms with Crippen LogP contribution in [0, 0.1) is 0 Å². The van der Waals surface area contributed by atoms with Crippen LogP contribution >= 0.6 is 11.3 Å². The Bertz CT molecular complexity index is 1810. The number of allylic oxidation sites excluding steroid dienone is 2. The van der Waals surface area contributed by atoms with Gasteiger partial charge in [-0.2, -0.15) is 0 Å². The third-order valence-corrected chi connectivity index (χ3v) is 8.79. The van der Waals surface area contributed by atoms with Gasteiger partial charge in [0.15, 0.2) is 18.0 Å². The van der Waals surface area contributed by atoms with Crippen LogP contribution in [0.2, 0.25) is 0 Å². The highest BCUT2D eigenvalue weighted by atomic mass is 32.1. The molecule has 0 saturated carbocycles. The Balaban J connectivity index is 0.944. The van der Waals surface area contributed by atoms with Crippen molar-refractivity contribution in [2.24, 2.45) is 0 Å². The third-order valence-electron chi connectivity index (χ3n) is 7.90. The second kappa shape index (κ2) is 13.7. The van der Waals surface area contributed by atoms with Gasteiger partial charge in [0.1, 0.15) is 5.75 Å². The van der Waals surface area contributed by atoms with Crippen LogP contribution in [0.15, 0.2) is 71.8 Å². The van der Waals surface area contributed by atoms with Crippen LogP contribution in [-0.4, -0.2) is 63.6 Å². The van der Waals surface area contributed by atoms with Crippen molar-refractivity contribution in [1.82, 2.24) is 14.9 Å². The van der Waals surface area contributed by atoms with Crippen LogP contribution in [0.1, 0.15) is 60.4 Å². The molecule has 0 aliphatic carbocycles. The molecule has 3 aliphatic rings. The number of nitrogens with one attached hydrogen (secondary N) is 1. The number of amides is 3. The molecule has 1 aromatic carbocycles. The molecule has 14 heteroatoms. The molecule has 6 rings (SSSR count). The first-order valence-corrected chi connectivity index (χ1v) is 16.2. The van der Waals surface area contributed by atoms with E-state index in [2.05, 4.69) is 5.32 Å². The molecule has 0 bridgehead atoms. The number of hydroxylamine groups is 2. The summed E-state index contributed by atoms with van der Waals surface area (Å²) < 4.78 is 39.8. The highest BCUT2D eigenvalue weighted by Crippen LogP contribution is 2.34. The molecule has 1 N–H and O–H groups in total. The Morgan fingerprint density at radius 1 is 0.979 bits per heavy atom. The third kappa shape index (κ3) is 7.02. The number of hydrogen-bond acceptors (Lipinski definition) is 7. The number of rotatable bonds is 13. The van der Waals surface area contributed by atoms with E-state index in [1.807, 2.05) is 17.5 Å². The van der Waals surface area contributed by atoms with Crippen molar-refractivity contribution < 1.29 is 41.9 Å². The van der Waals surface area contributed by atoms with Gasteiger partial charge in [0.2, 0.25) is 0 Å². The minimum atomic E-state index is -4.12. The summed E-state index contributed by atoms with van der Waals surface area (Å²) in [5, 5.41) is 5.16. The minimum Gasteiger partial charge on any atom is -0.484 e. The molecule has 3 aromatic rings. The number of ether oxygens (including phenoxy) is 1. The first kappa shape index (κ1) is 31.9. The van der Waals surface area contributed by atoms with Crippen molar-refractivity contribution in [2.75, 3.05) is 13.2 Å². The average molecular weight is 661 g/mol. The standard InChI is InChI=1S/C33H31BF2N4O6S/c35-34(36)38-24(11-12-25(38)21-26-13-16-28(39(26)34)29-5-4-20-47-29)10-7-23-8-14-27(15-9-23)45-22-30(41)37-19-3-1-2-6-33(44)46-40-31(42)17-18-32(40)43/h4-5,7-16,20-21H,1-3,6,17-19,22H2,(H,37,41). The van der Waals surface area contributed by atoms with Gasteiger partial charge in [-0.15, -0.1) is 16.4 Å². The molecule has 1 fully saturated rings. The Morgan fingerprint density at radius 2 is 1.77 bits per heavy atom. The SMILES string of the molecule is O=C(COc1ccc(C=Cc2ccc3n2[B-](F)(F)[N+]2=C(c4cccs4)C=CC2=C3)cc1)NCCCCCC(=O)ON1C(=O)CCC1=O. The fourth-order valence-electron chi connectivity index (χ4n) is 5.57. The molecular formula is C33H31BF2N4O6S. The van der Waals surface area contributed by atoms with E-state index in [1.165, 1.54) is 11.3 Å². The van der Waals surface area contributed by atoms with Gasteiger partial charge in [0.05, 0.1) is 4.88 Å². The fourth-order valence-corrected chi connectivity index (χ4v) is 6.32. The summed E-state index contributed by atoms with van der Waals surface area (Å²) in [6.45, 7) is -3.91. The quantitative estimate of drug-likeness (QED) is 0.157. The number of hydrogen-bond donors (Lipinski definition) is 1. The first-order chi connectivity index (χ1) is 22.7. The molecule has 3 amide bonds. The lowest BCUT2D eigenvalue weighted by Gasteiger charge is -2.30. The van der Waals surface area contributed by atoms with Gasteiger partial charge in [-0.05, 0) is 60.2 Å². The molecule has 47 heavy (non-hydrogen) atoms. The second-order valence-corrected chi connectivity index (χ2v) is 12.1. The van der Waals surface area contributed by atoms with Crippen molar-refractivity contribution in [3.8, 4) is 5.75 Å². The number of thiophene rings is 1. The van der Waals surface area contributed by atoms with Crippen molar-refractivity contribution in [3.05, 3.63) is 93.6 Å². The molecule has 0 atom stereocenters. The lowest BCUT2D eigenvalue weighted by molar-refractivity contribution is -0.360. The number of carbonyl (C=O) groups is 4. The minimum absolute atomic E-state index is 0.0498. The van der Waals surface area contributed by atoms with Gasteiger partial charge in [-0.3, -0.25) is 14.4 Å². The van der Waals surface area contributed by atoms with E-state index in [-0.39, 0.29) is 31.8 Å². The number of carbonyl (C=O) groups excluding carboxylic acids is 4. The molecule has 10 nitrogen and oxygen atoms in total. The van der Waals surface area contributed by atoms with E-state index < -0.39 is 24.8 Å². The normalized spacial score (nSPS) is 16.5. The molecule has 0 spiro atoms. The van der Waals surface area contributed by atoms with E-state index in [0.717, 1.165) is 19.4 Å². The first-order valence-electron chi connectivity index (χ1n) is 15.3. The van der Waals surface area contributed by atoms with Crippen LogP contribution in [0.25, 0.3) is 18.2 Å². The number of aromatic nitrogens is 1. The van der Waals surface area contributed by atoms with Crippen molar-refractivity contribution in [1.29, 1.82) is 0 Å². The molecular weight excluding hydrogens is 629 g/mol. The van der Waals surface area contributed by atoms with Crippen LogP contribution in [0.3, 0.4) is 0 Å². The molecule has 0 unspecified atom stereocenters. The number of nitrogens with zero attached hydrogens (tertiary/aromatic N) is 3.